The zero-order chi connectivity index (χ0) is 15.4. The fourth-order valence-corrected chi connectivity index (χ4v) is 3.32. The van der Waals surface area contributed by atoms with E-state index in [9.17, 15) is 5.11 Å². The largest absolute Gasteiger partial charge is 0.380 e. The van der Waals surface area contributed by atoms with Gasteiger partial charge in [-0.3, -0.25) is 0 Å². The van der Waals surface area contributed by atoms with Gasteiger partial charge in [-0.2, -0.15) is 0 Å². The minimum absolute atomic E-state index is 0.736. The van der Waals surface area contributed by atoms with Crippen molar-refractivity contribution in [2.24, 2.45) is 0 Å². The van der Waals surface area contributed by atoms with E-state index < -0.39 is 5.60 Å². The molecule has 1 aliphatic heterocycles. The Labute approximate surface area is 133 Å². The summed E-state index contributed by atoms with van der Waals surface area (Å²) in [5.74, 6) is 0. The number of aryl methyl sites for hydroxylation is 1. The van der Waals surface area contributed by atoms with Crippen LogP contribution in [0.3, 0.4) is 0 Å². The Hall–Kier alpha value is -1.64. The van der Waals surface area contributed by atoms with Crippen LogP contribution in [0, 0.1) is 6.92 Å². The third kappa shape index (κ3) is 3.23. The SMILES string of the molecule is Cc1ccc([C@](O)(CCN2CCCC2)c2ccccc2)cc1. The molecular weight excluding hydrogens is 270 g/mol. The highest BCUT2D eigenvalue weighted by Crippen LogP contribution is 2.33. The van der Waals surface area contributed by atoms with Gasteiger partial charge in [0.25, 0.3) is 0 Å². The van der Waals surface area contributed by atoms with E-state index >= 15 is 0 Å². The molecule has 0 amide bonds. The lowest BCUT2D eigenvalue weighted by Gasteiger charge is -2.31. The van der Waals surface area contributed by atoms with Crippen LogP contribution in [0.5, 0.6) is 0 Å². The lowest BCUT2D eigenvalue weighted by Crippen LogP contribution is -2.33. The van der Waals surface area contributed by atoms with Gasteiger partial charge in [-0.25, -0.2) is 0 Å². The molecule has 1 saturated heterocycles. The van der Waals surface area contributed by atoms with Gasteiger partial charge < -0.3 is 10.0 Å². The van der Waals surface area contributed by atoms with Crippen molar-refractivity contribution in [3.8, 4) is 0 Å². The van der Waals surface area contributed by atoms with Crippen LogP contribution in [0.1, 0.15) is 36.0 Å². The molecule has 0 radical (unpaired) electrons. The maximum absolute atomic E-state index is 11.5. The number of aliphatic hydroxyl groups is 1. The minimum Gasteiger partial charge on any atom is -0.380 e. The van der Waals surface area contributed by atoms with Gasteiger partial charge >= 0.3 is 0 Å². The third-order valence-electron chi connectivity index (χ3n) is 4.77. The molecule has 0 aliphatic carbocycles. The first kappa shape index (κ1) is 15.3. The summed E-state index contributed by atoms with van der Waals surface area (Å²) in [6.07, 6.45) is 3.31. The van der Waals surface area contributed by atoms with Crippen molar-refractivity contribution in [2.75, 3.05) is 19.6 Å². The zero-order valence-corrected chi connectivity index (χ0v) is 13.3. The summed E-state index contributed by atoms with van der Waals surface area (Å²) in [6, 6.07) is 18.4. The highest BCUT2D eigenvalue weighted by molar-refractivity contribution is 5.37. The molecule has 0 saturated carbocycles. The van der Waals surface area contributed by atoms with Crippen LogP contribution in [-0.2, 0) is 5.60 Å². The first-order valence-corrected chi connectivity index (χ1v) is 8.26. The van der Waals surface area contributed by atoms with E-state index in [4.69, 9.17) is 0 Å². The average Bonchev–Trinajstić information content (AvgIpc) is 3.08. The molecule has 1 heterocycles. The third-order valence-corrected chi connectivity index (χ3v) is 4.77. The highest BCUT2D eigenvalue weighted by atomic mass is 16.3. The predicted octanol–water partition coefficient (Wildman–Crippen LogP) is 3.72. The van der Waals surface area contributed by atoms with E-state index in [2.05, 4.69) is 36.1 Å². The topological polar surface area (TPSA) is 23.5 Å². The van der Waals surface area contributed by atoms with Crippen LogP contribution in [0.4, 0.5) is 0 Å². The van der Waals surface area contributed by atoms with Gasteiger partial charge in [-0.1, -0.05) is 60.2 Å². The van der Waals surface area contributed by atoms with Crippen molar-refractivity contribution >= 4 is 0 Å². The van der Waals surface area contributed by atoms with Crippen LogP contribution in [0.2, 0.25) is 0 Å². The normalized spacial score (nSPS) is 18.3. The molecule has 2 aromatic rings. The molecule has 3 rings (SSSR count). The van der Waals surface area contributed by atoms with Gasteiger partial charge in [-0.05, 0) is 50.4 Å². The highest BCUT2D eigenvalue weighted by Gasteiger charge is 2.32. The van der Waals surface area contributed by atoms with Crippen LogP contribution in [0.15, 0.2) is 54.6 Å². The van der Waals surface area contributed by atoms with E-state index in [1.807, 2.05) is 30.3 Å². The second kappa shape index (κ2) is 6.64. The van der Waals surface area contributed by atoms with Crippen molar-refractivity contribution in [2.45, 2.75) is 31.8 Å². The summed E-state index contributed by atoms with van der Waals surface area (Å²) >= 11 is 0. The van der Waals surface area contributed by atoms with Gasteiger partial charge in [0.1, 0.15) is 5.60 Å². The maximum atomic E-state index is 11.5. The number of nitrogens with zero attached hydrogens (tertiary/aromatic N) is 1. The van der Waals surface area contributed by atoms with Crippen LogP contribution in [-0.4, -0.2) is 29.6 Å². The zero-order valence-electron chi connectivity index (χ0n) is 13.3. The summed E-state index contributed by atoms with van der Waals surface area (Å²) in [4.78, 5) is 2.46. The molecule has 2 nitrogen and oxygen atoms in total. The van der Waals surface area contributed by atoms with Crippen LogP contribution < -0.4 is 0 Å². The predicted molar refractivity (Wildman–Crippen MR) is 90.9 cm³/mol. The minimum atomic E-state index is -0.905. The monoisotopic (exact) mass is 295 g/mol. The van der Waals surface area contributed by atoms with E-state index in [1.165, 1.54) is 31.5 Å². The van der Waals surface area contributed by atoms with Crippen molar-refractivity contribution < 1.29 is 5.11 Å². The molecular formula is C20H25NO. The Morgan fingerprint density at radius 2 is 1.50 bits per heavy atom. The van der Waals surface area contributed by atoms with Crippen LogP contribution in [0.25, 0.3) is 0 Å². The number of benzene rings is 2. The number of likely N-dealkylation sites (tertiary alicyclic amines) is 1. The van der Waals surface area contributed by atoms with E-state index in [0.29, 0.717) is 0 Å². The van der Waals surface area contributed by atoms with Crippen LogP contribution >= 0.6 is 0 Å². The molecule has 0 aromatic heterocycles. The Morgan fingerprint density at radius 1 is 0.909 bits per heavy atom. The fourth-order valence-electron chi connectivity index (χ4n) is 3.32. The van der Waals surface area contributed by atoms with Gasteiger partial charge in [0.15, 0.2) is 0 Å². The fraction of sp³-hybridized carbons (Fsp3) is 0.400. The number of hydrogen-bond donors (Lipinski definition) is 1. The number of rotatable bonds is 5. The van der Waals surface area contributed by atoms with Gasteiger partial charge in [-0.15, -0.1) is 0 Å². The summed E-state index contributed by atoms with van der Waals surface area (Å²) in [5.41, 5.74) is 2.29. The first-order valence-electron chi connectivity index (χ1n) is 8.26. The lowest BCUT2D eigenvalue weighted by molar-refractivity contribution is 0.0602. The van der Waals surface area contributed by atoms with Crippen molar-refractivity contribution in [3.63, 3.8) is 0 Å². The Morgan fingerprint density at radius 3 is 2.14 bits per heavy atom. The summed E-state index contributed by atoms with van der Waals surface area (Å²) in [7, 11) is 0. The summed E-state index contributed by atoms with van der Waals surface area (Å²) < 4.78 is 0. The molecule has 0 spiro atoms. The molecule has 1 aliphatic rings. The molecule has 22 heavy (non-hydrogen) atoms. The summed E-state index contributed by atoms with van der Waals surface area (Å²) in [5, 5.41) is 11.5. The molecule has 2 aromatic carbocycles. The average molecular weight is 295 g/mol. The van der Waals surface area contributed by atoms with E-state index in [1.54, 1.807) is 0 Å². The van der Waals surface area contributed by atoms with Crippen molar-refractivity contribution in [3.05, 3.63) is 71.3 Å². The molecule has 1 atom stereocenters. The quantitative estimate of drug-likeness (QED) is 0.909. The number of hydrogen-bond acceptors (Lipinski definition) is 2. The van der Waals surface area contributed by atoms with Gasteiger partial charge in [0, 0.05) is 6.54 Å². The summed E-state index contributed by atoms with van der Waals surface area (Å²) in [6.45, 7) is 5.35. The van der Waals surface area contributed by atoms with Gasteiger partial charge in [0.2, 0.25) is 0 Å². The second-order valence-corrected chi connectivity index (χ2v) is 6.39. The maximum Gasteiger partial charge on any atom is 0.116 e. The molecule has 116 valence electrons. The Kier molecular flexibility index (Phi) is 4.60. The lowest BCUT2D eigenvalue weighted by atomic mass is 9.83. The van der Waals surface area contributed by atoms with E-state index in [0.717, 1.165) is 24.1 Å². The Balaban J connectivity index is 1.88. The van der Waals surface area contributed by atoms with Crippen molar-refractivity contribution in [1.29, 1.82) is 0 Å². The standard InChI is InChI=1S/C20H25NO/c1-17-9-11-19(12-10-17)20(22,18-7-3-2-4-8-18)13-16-21-14-5-6-15-21/h2-4,7-12,22H,5-6,13-16H2,1H3/t20-/m0/s1. The molecule has 0 bridgehead atoms. The van der Waals surface area contributed by atoms with Gasteiger partial charge in [0.05, 0.1) is 0 Å². The van der Waals surface area contributed by atoms with E-state index in [-0.39, 0.29) is 0 Å². The first-order chi connectivity index (χ1) is 10.7. The molecule has 1 fully saturated rings. The molecule has 2 heteroatoms. The molecule has 0 unspecified atom stereocenters. The second-order valence-electron chi connectivity index (χ2n) is 6.39. The van der Waals surface area contributed by atoms with Crippen molar-refractivity contribution in [1.82, 2.24) is 4.90 Å². The molecule has 1 N–H and O–H groups in total. The smallest absolute Gasteiger partial charge is 0.116 e. The Bertz CT molecular complexity index is 587.